The Morgan fingerprint density at radius 3 is 2.50 bits per heavy atom. The van der Waals surface area contributed by atoms with Crippen molar-refractivity contribution in [1.29, 1.82) is 0 Å². The maximum absolute atomic E-state index is 12.4. The number of benzene rings is 1. The van der Waals surface area contributed by atoms with Crippen LogP contribution < -0.4 is 5.32 Å². The summed E-state index contributed by atoms with van der Waals surface area (Å²) in [6.45, 7) is 8.34. The van der Waals surface area contributed by atoms with Gasteiger partial charge in [0, 0.05) is 32.7 Å². The summed E-state index contributed by atoms with van der Waals surface area (Å²) < 4.78 is 0. The van der Waals surface area contributed by atoms with Crippen LogP contribution in [0.15, 0.2) is 24.3 Å². The van der Waals surface area contributed by atoms with Crippen LogP contribution in [-0.4, -0.2) is 55.0 Å². The van der Waals surface area contributed by atoms with Crippen LogP contribution in [0.25, 0.3) is 0 Å². The summed E-state index contributed by atoms with van der Waals surface area (Å²) in [5.41, 5.74) is 2.51. The van der Waals surface area contributed by atoms with Gasteiger partial charge in [-0.05, 0) is 26.5 Å². The number of aryl methyl sites for hydroxylation is 1. The molecule has 0 saturated carbocycles. The van der Waals surface area contributed by atoms with Gasteiger partial charge in [-0.15, -0.1) is 0 Å². The minimum absolute atomic E-state index is 0.0746. The Morgan fingerprint density at radius 2 is 1.90 bits per heavy atom. The smallest absolute Gasteiger partial charge is 0.239 e. The number of piperazine rings is 1. The van der Waals surface area contributed by atoms with Gasteiger partial charge < -0.3 is 10.2 Å². The number of nitrogens with zero attached hydrogens (tertiary/aromatic N) is 2. The van der Waals surface area contributed by atoms with E-state index in [4.69, 9.17) is 0 Å². The van der Waals surface area contributed by atoms with E-state index < -0.39 is 0 Å². The molecule has 20 heavy (non-hydrogen) atoms. The highest BCUT2D eigenvalue weighted by atomic mass is 16.2. The molecule has 0 spiro atoms. The normalized spacial score (nSPS) is 17.3. The van der Waals surface area contributed by atoms with E-state index in [9.17, 15) is 4.79 Å². The lowest BCUT2D eigenvalue weighted by Crippen LogP contribution is -2.52. The third kappa shape index (κ3) is 3.81. The summed E-state index contributed by atoms with van der Waals surface area (Å²) in [5.74, 6) is 0.237. The number of likely N-dealkylation sites (N-methyl/N-ethyl adjacent to an activating group) is 1. The van der Waals surface area contributed by atoms with Gasteiger partial charge in [-0.2, -0.15) is 0 Å². The SMILES string of the molecule is Cc1ccc(CN(C)C(C)C(=O)N2CCNCC2)cc1. The molecule has 1 unspecified atom stereocenters. The Kier molecular flexibility index (Phi) is 5.15. The topological polar surface area (TPSA) is 35.6 Å². The molecule has 2 rings (SSSR count). The fourth-order valence-corrected chi connectivity index (χ4v) is 2.46. The molecular formula is C16H25N3O. The Bertz CT molecular complexity index is 438. The van der Waals surface area contributed by atoms with Crippen molar-refractivity contribution in [2.24, 2.45) is 0 Å². The lowest BCUT2D eigenvalue weighted by molar-refractivity contribution is -0.136. The Hall–Kier alpha value is -1.39. The molecule has 1 N–H and O–H groups in total. The summed E-state index contributed by atoms with van der Waals surface area (Å²) in [7, 11) is 2.02. The molecule has 0 bridgehead atoms. The van der Waals surface area contributed by atoms with E-state index >= 15 is 0 Å². The zero-order chi connectivity index (χ0) is 14.5. The highest BCUT2D eigenvalue weighted by Crippen LogP contribution is 2.10. The minimum atomic E-state index is -0.0746. The molecule has 0 radical (unpaired) electrons. The first kappa shape index (κ1) is 15.0. The first-order valence-electron chi connectivity index (χ1n) is 7.33. The van der Waals surface area contributed by atoms with Gasteiger partial charge in [-0.3, -0.25) is 9.69 Å². The van der Waals surface area contributed by atoms with Gasteiger partial charge >= 0.3 is 0 Å². The van der Waals surface area contributed by atoms with Gasteiger partial charge in [-0.1, -0.05) is 29.8 Å². The maximum atomic E-state index is 12.4. The van der Waals surface area contributed by atoms with Crippen LogP contribution in [0.3, 0.4) is 0 Å². The highest BCUT2D eigenvalue weighted by Gasteiger charge is 2.24. The van der Waals surface area contributed by atoms with Crippen molar-refractivity contribution in [2.75, 3.05) is 33.2 Å². The molecule has 1 fully saturated rings. The summed E-state index contributed by atoms with van der Waals surface area (Å²) >= 11 is 0. The summed E-state index contributed by atoms with van der Waals surface area (Å²) in [5, 5.41) is 3.28. The number of nitrogens with one attached hydrogen (secondary N) is 1. The van der Waals surface area contributed by atoms with Crippen molar-refractivity contribution in [3.63, 3.8) is 0 Å². The van der Waals surface area contributed by atoms with E-state index in [2.05, 4.69) is 41.4 Å². The third-order valence-electron chi connectivity index (χ3n) is 4.00. The zero-order valence-electron chi connectivity index (χ0n) is 12.7. The average molecular weight is 275 g/mol. The summed E-state index contributed by atoms with van der Waals surface area (Å²) in [6, 6.07) is 8.42. The van der Waals surface area contributed by atoms with Crippen molar-refractivity contribution < 1.29 is 4.79 Å². The lowest BCUT2D eigenvalue weighted by atomic mass is 10.1. The number of hydrogen-bond acceptors (Lipinski definition) is 3. The highest BCUT2D eigenvalue weighted by molar-refractivity contribution is 5.81. The van der Waals surface area contributed by atoms with Gasteiger partial charge in [0.05, 0.1) is 6.04 Å². The molecule has 1 saturated heterocycles. The van der Waals surface area contributed by atoms with Crippen LogP contribution in [0, 0.1) is 6.92 Å². The molecule has 1 heterocycles. The second kappa shape index (κ2) is 6.86. The molecule has 1 atom stereocenters. The molecule has 1 aliphatic rings. The van der Waals surface area contributed by atoms with Crippen LogP contribution in [0.4, 0.5) is 0 Å². The van der Waals surface area contributed by atoms with Gasteiger partial charge in [-0.25, -0.2) is 0 Å². The molecule has 1 amide bonds. The van der Waals surface area contributed by atoms with Gasteiger partial charge in [0.1, 0.15) is 0 Å². The third-order valence-corrected chi connectivity index (χ3v) is 4.00. The first-order valence-corrected chi connectivity index (χ1v) is 7.33. The molecule has 4 heteroatoms. The van der Waals surface area contributed by atoms with E-state index in [1.54, 1.807) is 0 Å². The van der Waals surface area contributed by atoms with Crippen molar-refractivity contribution in [2.45, 2.75) is 26.4 Å². The molecule has 0 aliphatic carbocycles. The van der Waals surface area contributed by atoms with Gasteiger partial charge in [0.15, 0.2) is 0 Å². The van der Waals surface area contributed by atoms with Crippen molar-refractivity contribution in [1.82, 2.24) is 15.1 Å². The Morgan fingerprint density at radius 1 is 1.30 bits per heavy atom. The lowest BCUT2D eigenvalue weighted by Gasteiger charge is -2.33. The van der Waals surface area contributed by atoms with Gasteiger partial charge in [0.2, 0.25) is 5.91 Å². The number of amides is 1. The fourth-order valence-electron chi connectivity index (χ4n) is 2.46. The predicted octanol–water partition coefficient (Wildman–Crippen LogP) is 1.25. The van der Waals surface area contributed by atoms with Crippen LogP contribution in [0.5, 0.6) is 0 Å². The van der Waals surface area contributed by atoms with Crippen LogP contribution in [0.1, 0.15) is 18.1 Å². The van der Waals surface area contributed by atoms with Crippen molar-refractivity contribution >= 4 is 5.91 Å². The summed E-state index contributed by atoms with van der Waals surface area (Å²) in [6.07, 6.45) is 0. The van der Waals surface area contributed by atoms with Crippen LogP contribution in [0.2, 0.25) is 0 Å². The largest absolute Gasteiger partial charge is 0.339 e. The standard InChI is InChI=1S/C16H25N3O/c1-13-4-6-15(7-5-13)12-18(3)14(2)16(20)19-10-8-17-9-11-19/h4-7,14,17H,8-12H2,1-3H3. The van der Waals surface area contributed by atoms with Crippen molar-refractivity contribution in [3.8, 4) is 0 Å². The number of rotatable bonds is 4. The zero-order valence-corrected chi connectivity index (χ0v) is 12.7. The molecule has 1 aromatic rings. The van der Waals surface area contributed by atoms with Crippen molar-refractivity contribution in [3.05, 3.63) is 35.4 Å². The number of carbonyl (C=O) groups is 1. The molecular weight excluding hydrogens is 250 g/mol. The monoisotopic (exact) mass is 275 g/mol. The van der Waals surface area contributed by atoms with E-state index in [1.165, 1.54) is 11.1 Å². The first-order chi connectivity index (χ1) is 9.58. The van der Waals surface area contributed by atoms with Crippen LogP contribution >= 0.6 is 0 Å². The fraction of sp³-hybridized carbons (Fsp3) is 0.562. The number of carbonyl (C=O) groups excluding carboxylic acids is 1. The Labute approximate surface area is 121 Å². The maximum Gasteiger partial charge on any atom is 0.239 e. The molecule has 1 aromatic carbocycles. The quantitative estimate of drug-likeness (QED) is 0.898. The molecule has 1 aliphatic heterocycles. The van der Waals surface area contributed by atoms with E-state index in [-0.39, 0.29) is 11.9 Å². The Balaban J connectivity index is 1.91. The van der Waals surface area contributed by atoms with Gasteiger partial charge in [0.25, 0.3) is 0 Å². The second-order valence-corrected chi connectivity index (χ2v) is 5.65. The summed E-state index contributed by atoms with van der Waals surface area (Å²) in [4.78, 5) is 16.5. The van der Waals surface area contributed by atoms with E-state index in [0.717, 1.165) is 32.7 Å². The second-order valence-electron chi connectivity index (χ2n) is 5.65. The molecule has 4 nitrogen and oxygen atoms in total. The number of hydrogen-bond donors (Lipinski definition) is 1. The molecule has 0 aromatic heterocycles. The van der Waals surface area contributed by atoms with E-state index in [1.807, 2.05) is 18.9 Å². The van der Waals surface area contributed by atoms with E-state index in [0.29, 0.717) is 0 Å². The minimum Gasteiger partial charge on any atom is -0.339 e. The van der Waals surface area contributed by atoms with Crippen LogP contribution in [-0.2, 0) is 11.3 Å². The molecule has 110 valence electrons. The predicted molar refractivity (Wildman–Crippen MR) is 81.6 cm³/mol. The average Bonchev–Trinajstić information content (AvgIpc) is 2.49.